The van der Waals surface area contributed by atoms with Crippen LogP contribution in [0.2, 0.25) is 0 Å². The molecule has 1 aliphatic rings. The van der Waals surface area contributed by atoms with Crippen molar-refractivity contribution in [2.75, 3.05) is 0 Å². The molecule has 3 aromatic rings. The van der Waals surface area contributed by atoms with Crippen molar-refractivity contribution in [2.24, 2.45) is 0 Å². The number of halogens is 3. The summed E-state index contributed by atoms with van der Waals surface area (Å²) in [4.78, 5) is 4.25. The normalized spacial score (nSPS) is 19.0. The number of hydrogen-bond donors (Lipinski definition) is 1. The number of alkyl halides is 3. The summed E-state index contributed by atoms with van der Waals surface area (Å²) >= 11 is 0. The average Bonchev–Trinajstić information content (AvgIpc) is 2.87. The Morgan fingerprint density at radius 1 is 0.792 bits per heavy atom. The SMILES string of the molecule is OC1(C(F)(F)F)c2ccccc2-c2c(-c3ccccn3)cccc21. The van der Waals surface area contributed by atoms with Gasteiger partial charge in [-0.15, -0.1) is 0 Å². The predicted octanol–water partition coefficient (Wildman–Crippen LogP) is 4.53. The van der Waals surface area contributed by atoms with E-state index in [2.05, 4.69) is 4.98 Å². The van der Waals surface area contributed by atoms with Crippen molar-refractivity contribution < 1.29 is 18.3 Å². The molecule has 0 saturated heterocycles. The summed E-state index contributed by atoms with van der Waals surface area (Å²) in [6.07, 6.45) is -3.23. The fourth-order valence-electron chi connectivity index (χ4n) is 3.35. The number of aromatic nitrogens is 1. The van der Waals surface area contributed by atoms with Crippen LogP contribution in [0.1, 0.15) is 11.1 Å². The lowest BCUT2D eigenvalue weighted by Gasteiger charge is -2.28. The third-order valence-corrected chi connectivity index (χ3v) is 4.39. The molecule has 1 atom stereocenters. The lowest BCUT2D eigenvalue weighted by Crippen LogP contribution is -2.41. The first-order chi connectivity index (χ1) is 11.4. The molecule has 120 valence electrons. The zero-order valence-electron chi connectivity index (χ0n) is 12.4. The molecule has 0 fully saturated rings. The van der Waals surface area contributed by atoms with Gasteiger partial charge in [-0.05, 0) is 23.3 Å². The number of hydrogen-bond acceptors (Lipinski definition) is 2. The predicted molar refractivity (Wildman–Crippen MR) is 84.2 cm³/mol. The highest BCUT2D eigenvalue weighted by Gasteiger charge is 2.61. The molecule has 0 radical (unpaired) electrons. The minimum atomic E-state index is -4.82. The van der Waals surface area contributed by atoms with Crippen LogP contribution in [0.25, 0.3) is 22.4 Å². The van der Waals surface area contributed by atoms with E-state index in [1.807, 2.05) is 0 Å². The van der Waals surface area contributed by atoms with Gasteiger partial charge in [-0.2, -0.15) is 13.2 Å². The largest absolute Gasteiger partial charge is 0.425 e. The van der Waals surface area contributed by atoms with Gasteiger partial charge in [0.25, 0.3) is 0 Å². The molecular weight excluding hydrogens is 315 g/mol. The minimum absolute atomic E-state index is 0.143. The van der Waals surface area contributed by atoms with Gasteiger partial charge in [-0.1, -0.05) is 48.5 Å². The van der Waals surface area contributed by atoms with Gasteiger partial charge >= 0.3 is 6.18 Å². The number of nitrogens with zero attached hydrogens (tertiary/aromatic N) is 1. The van der Waals surface area contributed by atoms with E-state index in [1.54, 1.807) is 42.6 Å². The number of aliphatic hydroxyl groups is 1. The lowest BCUT2D eigenvalue weighted by molar-refractivity contribution is -0.246. The standard InChI is InChI=1S/C19H12F3NO/c20-19(21,22)18(24)14-8-2-1-6-12(14)17-13(7-5-9-15(17)18)16-10-3-4-11-23-16/h1-11,24H. The number of pyridine rings is 1. The first-order valence-electron chi connectivity index (χ1n) is 7.38. The first-order valence-corrected chi connectivity index (χ1v) is 7.38. The van der Waals surface area contributed by atoms with E-state index >= 15 is 0 Å². The Labute approximate surface area is 136 Å². The quantitative estimate of drug-likeness (QED) is 0.712. The van der Waals surface area contributed by atoms with Crippen molar-refractivity contribution in [3.8, 4) is 22.4 Å². The maximum atomic E-state index is 13.8. The molecule has 2 nitrogen and oxygen atoms in total. The van der Waals surface area contributed by atoms with Crippen molar-refractivity contribution in [2.45, 2.75) is 11.8 Å². The summed E-state index contributed by atoms with van der Waals surface area (Å²) in [7, 11) is 0. The lowest BCUT2D eigenvalue weighted by atomic mass is 9.90. The Bertz CT molecular complexity index is 921. The second-order valence-electron chi connectivity index (χ2n) is 5.70. The van der Waals surface area contributed by atoms with Crippen molar-refractivity contribution in [3.05, 3.63) is 78.0 Å². The van der Waals surface area contributed by atoms with Crippen LogP contribution in [-0.2, 0) is 5.60 Å². The minimum Gasteiger partial charge on any atom is -0.372 e. The van der Waals surface area contributed by atoms with E-state index in [9.17, 15) is 18.3 Å². The highest BCUT2D eigenvalue weighted by Crippen LogP contribution is 2.56. The van der Waals surface area contributed by atoms with E-state index in [0.29, 0.717) is 22.4 Å². The zero-order chi connectivity index (χ0) is 16.9. The Morgan fingerprint density at radius 2 is 1.46 bits per heavy atom. The maximum absolute atomic E-state index is 13.8. The third kappa shape index (κ3) is 1.85. The molecule has 2 aromatic carbocycles. The molecule has 1 unspecified atom stereocenters. The fraction of sp³-hybridized carbons (Fsp3) is 0.105. The summed E-state index contributed by atoms with van der Waals surface area (Å²) in [6.45, 7) is 0. The summed E-state index contributed by atoms with van der Waals surface area (Å²) in [5.74, 6) is 0. The van der Waals surface area contributed by atoms with E-state index in [0.717, 1.165) is 0 Å². The Hall–Kier alpha value is -2.66. The molecule has 0 amide bonds. The molecule has 5 heteroatoms. The molecule has 4 rings (SSSR count). The number of rotatable bonds is 1. The molecule has 0 spiro atoms. The second-order valence-corrected chi connectivity index (χ2v) is 5.70. The van der Waals surface area contributed by atoms with Crippen LogP contribution >= 0.6 is 0 Å². The van der Waals surface area contributed by atoms with Crippen molar-refractivity contribution in [3.63, 3.8) is 0 Å². The van der Waals surface area contributed by atoms with Crippen LogP contribution in [0.4, 0.5) is 13.2 Å². The molecule has 1 heterocycles. The fourth-order valence-corrected chi connectivity index (χ4v) is 3.35. The summed E-state index contributed by atoms with van der Waals surface area (Å²) in [5, 5.41) is 10.7. The summed E-state index contributed by atoms with van der Waals surface area (Å²) in [6, 6.07) is 15.9. The van der Waals surface area contributed by atoms with Crippen molar-refractivity contribution >= 4 is 0 Å². The molecule has 1 N–H and O–H groups in total. The topological polar surface area (TPSA) is 33.1 Å². The van der Waals surface area contributed by atoms with Crippen molar-refractivity contribution in [1.29, 1.82) is 0 Å². The number of benzene rings is 2. The highest BCUT2D eigenvalue weighted by atomic mass is 19.4. The van der Waals surface area contributed by atoms with Crippen LogP contribution < -0.4 is 0 Å². The van der Waals surface area contributed by atoms with E-state index in [-0.39, 0.29) is 11.1 Å². The van der Waals surface area contributed by atoms with E-state index in [4.69, 9.17) is 0 Å². The van der Waals surface area contributed by atoms with Gasteiger partial charge in [-0.3, -0.25) is 4.98 Å². The van der Waals surface area contributed by atoms with Crippen molar-refractivity contribution in [1.82, 2.24) is 4.98 Å². The van der Waals surface area contributed by atoms with Crippen LogP contribution in [0.3, 0.4) is 0 Å². The van der Waals surface area contributed by atoms with Crippen LogP contribution in [0, 0.1) is 0 Å². The third-order valence-electron chi connectivity index (χ3n) is 4.39. The summed E-state index contributed by atoms with van der Waals surface area (Å²) in [5.41, 5.74) is -1.41. The molecule has 0 bridgehead atoms. The molecule has 24 heavy (non-hydrogen) atoms. The monoisotopic (exact) mass is 327 g/mol. The first kappa shape index (κ1) is 14.9. The van der Waals surface area contributed by atoms with Gasteiger partial charge in [0.15, 0.2) is 0 Å². The maximum Gasteiger partial charge on any atom is 0.425 e. The van der Waals surface area contributed by atoms with E-state index in [1.165, 1.54) is 24.3 Å². The Morgan fingerprint density at radius 3 is 2.17 bits per heavy atom. The molecule has 1 aromatic heterocycles. The van der Waals surface area contributed by atoms with E-state index < -0.39 is 11.8 Å². The molecular formula is C19H12F3NO. The zero-order valence-corrected chi connectivity index (χ0v) is 12.4. The average molecular weight is 327 g/mol. The second kappa shape index (κ2) is 4.92. The van der Waals surface area contributed by atoms with Gasteiger partial charge in [0.1, 0.15) is 0 Å². The van der Waals surface area contributed by atoms with Gasteiger partial charge in [0.05, 0.1) is 5.69 Å². The van der Waals surface area contributed by atoms with Crippen LogP contribution in [0.5, 0.6) is 0 Å². The van der Waals surface area contributed by atoms with Gasteiger partial charge in [0.2, 0.25) is 5.60 Å². The highest BCUT2D eigenvalue weighted by molar-refractivity contribution is 5.91. The molecule has 0 aliphatic heterocycles. The Balaban J connectivity index is 2.10. The van der Waals surface area contributed by atoms with Crippen LogP contribution in [-0.4, -0.2) is 16.3 Å². The number of fused-ring (bicyclic) bond motifs is 3. The van der Waals surface area contributed by atoms with Gasteiger partial charge < -0.3 is 5.11 Å². The van der Waals surface area contributed by atoms with Crippen LogP contribution in [0.15, 0.2) is 66.9 Å². The van der Waals surface area contributed by atoms with Gasteiger partial charge in [0, 0.05) is 22.9 Å². The molecule has 0 saturated carbocycles. The summed E-state index contributed by atoms with van der Waals surface area (Å²) < 4.78 is 41.3. The Kier molecular flexibility index (Phi) is 3.05. The smallest absolute Gasteiger partial charge is 0.372 e. The van der Waals surface area contributed by atoms with Gasteiger partial charge in [-0.25, -0.2) is 0 Å². The molecule has 1 aliphatic carbocycles.